The number of rotatable bonds is 4. The average Bonchev–Trinajstić information content (AvgIpc) is 2.75. The van der Waals surface area contributed by atoms with Gasteiger partial charge in [-0.3, -0.25) is 4.79 Å². The third-order valence-corrected chi connectivity index (χ3v) is 2.81. The number of furan rings is 1. The number of esters is 1. The quantitative estimate of drug-likeness (QED) is 0.481. The van der Waals surface area contributed by atoms with Gasteiger partial charge >= 0.3 is 11.8 Å². The van der Waals surface area contributed by atoms with E-state index in [4.69, 9.17) is 9.15 Å². The molecule has 1 aromatic heterocycles. The predicted molar refractivity (Wildman–Crippen MR) is 68.5 cm³/mol. The Balaban J connectivity index is 2.54. The fraction of sp³-hybridized carbons (Fsp3) is 0.286. The van der Waals surface area contributed by atoms with Gasteiger partial charge in [-0.05, 0) is 19.9 Å². The van der Waals surface area contributed by atoms with Crippen LogP contribution in [-0.4, -0.2) is 25.5 Å². The number of aryl methyl sites for hydroxylation is 1. The van der Waals surface area contributed by atoms with Crippen LogP contribution in [0.1, 0.15) is 23.0 Å². The third-order valence-electron chi connectivity index (χ3n) is 2.81. The topological polar surface area (TPSA) is 65.7 Å². The van der Waals surface area contributed by atoms with Gasteiger partial charge in [0, 0.05) is 10.9 Å². The highest BCUT2D eigenvalue weighted by molar-refractivity contribution is 6.40. The van der Waals surface area contributed by atoms with E-state index in [9.17, 15) is 9.59 Å². The van der Waals surface area contributed by atoms with Gasteiger partial charge in [0.05, 0.1) is 13.7 Å². The maximum absolute atomic E-state index is 11.9. The lowest BCUT2D eigenvalue weighted by molar-refractivity contribution is -0.137. The Morgan fingerprint density at radius 2 is 2.05 bits per heavy atom. The summed E-state index contributed by atoms with van der Waals surface area (Å²) in [5.41, 5.74) is 1.06. The number of Topliss-reactive ketones (excluding diaryl/α,β-unsaturated/α-hetero) is 1. The van der Waals surface area contributed by atoms with Gasteiger partial charge in [0.15, 0.2) is 17.1 Å². The van der Waals surface area contributed by atoms with Gasteiger partial charge in [-0.15, -0.1) is 0 Å². The summed E-state index contributed by atoms with van der Waals surface area (Å²) < 4.78 is 15.3. The zero-order valence-electron chi connectivity index (χ0n) is 11.0. The smallest absolute Gasteiger partial charge is 0.383 e. The predicted octanol–water partition coefficient (Wildman–Crippen LogP) is 2.50. The van der Waals surface area contributed by atoms with Crippen molar-refractivity contribution >= 4 is 22.7 Å². The van der Waals surface area contributed by atoms with Gasteiger partial charge in [-0.1, -0.05) is 12.1 Å². The van der Waals surface area contributed by atoms with E-state index in [1.807, 2.05) is 0 Å². The van der Waals surface area contributed by atoms with E-state index in [1.54, 1.807) is 32.0 Å². The molecule has 1 heterocycles. The Morgan fingerprint density at radius 3 is 2.68 bits per heavy atom. The van der Waals surface area contributed by atoms with Crippen molar-refractivity contribution in [3.63, 3.8) is 0 Å². The summed E-state index contributed by atoms with van der Waals surface area (Å²) in [5.74, 6) is -1.18. The van der Waals surface area contributed by atoms with Crippen molar-refractivity contribution in [2.75, 3.05) is 13.7 Å². The molecule has 0 atom stereocenters. The lowest BCUT2D eigenvalue weighted by atomic mass is 10.1. The number of carbonyl (C=O) groups excluding carboxylic acids is 2. The molecule has 19 heavy (non-hydrogen) atoms. The van der Waals surface area contributed by atoms with E-state index in [0.717, 1.165) is 5.39 Å². The first-order chi connectivity index (χ1) is 9.10. The number of fused-ring (bicyclic) bond motifs is 1. The monoisotopic (exact) mass is 262 g/mol. The molecule has 2 rings (SSSR count). The summed E-state index contributed by atoms with van der Waals surface area (Å²) >= 11 is 0. The highest BCUT2D eigenvalue weighted by atomic mass is 16.5. The van der Waals surface area contributed by atoms with E-state index < -0.39 is 11.8 Å². The summed E-state index contributed by atoms with van der Waals surface area (Å²) in [6.07, 6.45) is 0. The number of para-hydroxylation sites is 1. The molecular formula is C14H14O5. The van der Waals surface area contributed by atoms with Crippen molar-refractivity contribution in [2.45, 2.75) is 13.8 Å². The molecule has 0 N–H and O–H groups in total. The molecular weight excluding hydrogens is 248 g/mol. The van der Waals surface area contributed by atoms with E-state index in [1.165, 1.54) is 7.11 Å². The van der Waals surface area contributed by atoms with Gasteiger partial charge in [0.1, 0.15) is 0 Å². The maximum Gasteiger partial charge on any atom is 0.383 e. The molecule has 0 saturated carbocycles. The summed E-state index contributed by atoms with van der Waals surface area (Å²) in [4.78, 5) is 23.4. The number of hydrogen-bond acceptors (Lipinski definition) is 5. The fourth-order valence-electron chi connectivity index (χ4n) is 1.88. The van der Waals surface area contributed by atoms with E-state index >= 15 is 0 Å². The highest BCUT2D eigenvalue weighted by Crippen LogP contribution is 2.32. The number of ether oxygens (including phenoxy) is 2. The molecule has 0 amide bonds. The van der Waals surface area contributed by atoms with Crippen LogP contribution in [0.3, 0.4) is 0 Å². The normalized spacial score (nSPS) is 10.5. The second kappa shape index (κ2) is 5.14. The molecule has 0 saturated heterocycles. The fourth-order valence-corrected chi connectivity index (χ4v) is 1.88. The molecule has 0 fully saturated rings. The Hall–Kier alpha value is -2.30. The van der Waals surface area contributed by atoms with Crippen LogP contribution in [0.2, 0.25) is 0 Å². The van der Waals surface area contributed by atoms with Crippen molar-refractivity contribution in [3.05, 3.63) is 29.5 Å². The minimum Gasteiger partial charge on any atom is -0.493 e. The Bertz CT molecular complexity index is 639. The first kappa shape index (κ1) is 13.1. The third kappa shape index (κ3) is 2.19. The van der Waals surface area contributed by atoms with Crippen LogP contribution in [0.4, 0.5) is 0 Å². The molecule has 0 unspecified atom stereocenters. The zero-order valence-corrected chi connectivity index (χ0v) is 11.0. The number of carbonyl (C=O) groups is 2. The lowest BCUT2D eigenvalue weighted by Crippen LogP contribution is -2.17. The van der Waals surface area contributed by atoms with Crippen molar-refractivity contribution < 1.29 is 23.5 Å². The number of ketones is 1. The molecule has 0 bridgehead atoms. The summed E-state index contributed by atoms with van der Waals surface area (Å²) in [6.45, 7) is 3.50. The van der Waals surface area contributed by atoms with Crippen LogP contribution in [0.5, 0.6) is 5.75 Å². The van der Waals surface area contributed by atoms with Crippen molar-refractivity contribution in [1.29, 1.82) is 0 Å². The van der Waals surface area contributed by atoms with Gasteiger partial charge in [0.25, 0.3) is 0 Å². The summed E-state index contributed by atoms with van der Waals surface area (Å²) in [5, 5.41) is 0.743. The highest BCUT2D eigenvalue weighted by Gasteiger charge is 2.26. The molecule has 5 heteroatoms. The van der Waals surface area contributed by atoms with Crippen LogP contribution in [0.25, 0.3) is 11.0 Å². The van der Waals surface area contributed by atoms with Crippen LogP contribution in [0.15, 0.2) is 22.6 Å². The van der Waals surface area contributed by atoms with Crippen LogP contribution < -0.4 is 4.74 Å². The Kier molecular flexibility index (Phi) is 3.55. The van der Waals surface area contributed by atoms with E-state index in [0.29, 0.717) is 16.9 Å². The number of hydrogen-bond donors (Lipinski definition) is 0. The number of methoxy groups -OCH3 is 1. The Morgan fingerprint density at radius 1 is 1.32 bits per heavy atom. The first-order valence-corrected chi connectivity index (χ1v) is 5.87. The molecule has 100 valence electrons. The van der Waals surface area contributed by atoms with Crippen LogP contribution in [0, 0.1) is 6.92 Å². The molecule has 0 aliphatic rings. The minimum absolute atomic E-state index is 0.00190. The second-order valence-corrected chi connectivity index (χ2v) is 3.94. The van der Waals surface area contributed by atoms with E-state index in [2.05, 4.69) is 4.74 Å². The maximum atomic E-state index is 11.9. The van der Waals surface area contributed by atoms with Crippen molar-refractivity contribution in [3.8, 4) is 5.75 Å². The summed E-state index contributed by atoms with van der Waals surface area (Å²) in [7, 11) is 1.51. The van der Waals surface area contributed by atoms with Crippen molar-refractivity contribution in [1.82, 2.24) is 0 Å². The van der Waals surface area contributed by atoms with Crippen molar-refractivity contribution in [2.24, 2.45) is 0 Å². The molecule has 1 aromatic carbocycles. The molecule has 5 nitrogen and oxygen atoms in total. The number of benzene rings is 1. The molecule has 0 spiro atoms. The van der Waals surface area contributed by atoms with Gasteiger partial charge < -0.3 is 13.9 Å². The summed E-state index contributed by atoms with van der Waals surface area (Å²) in [6, 6.07) is 5.32. The van der Waals surface area contributed by atoms with Gasteiger partial charge in [-0.2, -0.15) is 0 Å². The SMILES string of the molecule is CCOC(=O)C(=O)c1oc2c(OC)cccc2c1C. The van der Waals surface area contributed by atoms with Crippen LogP contribution in [-0.2, 0) is 9.53 Å². The zero-order chi connectivity index (χ0) is 14.0. The average molecular weight is 262 g/mol. The molecule has 2 aromatic rings. The van der Waals surface area contributed by atoms with Gasteiger partial charge in [0.2, 0.25) is 0 Å². The molecule has 0 radical (unpaired) electrons. The largest absolute Gasteiger partial charge is 0.493 e. The first-order valence-electron chi connectivity index (χ1n) is 5.87. The second-order valence-electron chi connectivity index (χ2n) is 3.94. The van der Waals surface area contributed by atoms with Gasteiger partial charge in [-0.25, -0.2) is 4.79 Å². The molecule has 0 aliphatic carbocycles. The lowest BCUT2D eigenvalue weighted by Gasteiger charge is -1.99. The van der Waals surface area contributed by atoms with E-state index in [-0.39, 0.29) is 12.4 Å². The minimum atomic E-state index is -0.913. The standard InChI is InChI=1S/C14H14O5/c1-4-18-14(16)11(15)12-8(2)9-6-5-7-10(17-3)13(9)19-12/h5-7H,4H2,1-3H3. The Labute approximate surface area is 110 Å². The van der Waals surface area contributed by atoms with Crippen LogP contribution >= 0.6 is 0 Å². The molecule has 0 aliphatic heterocycles.